The van der Waals surface area contributed by atoms with Crippen LogP contribution in [-0.4, -0.2) is 9.97 Å². The summed E-state index contributed by atoms with van der Waals surface area (Å²) in [5.74, 6) is 1.52. The third-order valence-electron chi connectivity index (χ3n) is 2.15. The number of aryl methyl sites for hydroxylation is 1. The average Bonchev–Trinajstić information content (AvgIpc) is 2.10. The van der Waals surface area contributed by atoms with Crippen molar-refractivity contribution >= 4 is 0 Å². The van der Waals surface area contributed by atoms with Crippen LogP contribution in [0.3, 0.4) is 0 Å². The second kappa shape index (κ2) is 4.19. The van der Waals surface area contributed by atoms with Crippen LogP contribution in [0.5, 0.6) is 0 Å². The monoisotopic (exact) mass is 164 g/mol. The van der Waals surface area contributed by atoms with Crippen LogP contribution in [0, 0.1) is 6.92 Å². The van der Waals surface area contributed by atoms with Crippen LogP contribution in [0.1, 0.15) is 44.0 Å². The number of rotatable bonds is 3. The summed E-state index contributed by atoms with van der Waals surface area (Å²) < 4.78 is 0. The second-order valence-electron chi connectivity index (χ2n) is 3.13. The standard InChI is InChI=1S/C10H16N2/c1-4-9(5-2)10-11-6-8(3)7-12-10/h6-7,9H,4-5H2,1-3H3. The maximum atomic E-state index is 4.31. The Morgan fingerprint density at radius 3 is 2.08 bits per heavy atom. The summed E-state index contributed by atoms with van der Waals surface area (Å²) in [4.78, 5) is 8.62. The lowest BCUT2D eigenvalue weighted by molar-refractivity contribution is 0.601. The fraction of sp³-hybridized carbons (Fsp3) is 0.600. The normalized spacial score (nSPS) is 10.7. The van der Waals surface area contributed by atoms with Crippen LogP contribution < -0.4 is 0 Å². The number of aromatic nitrogens is 2. The van der Waals surface area contributed by atoms with Crippen LogP contribution >= 0.6 is 0 Å². The van der Waals surface area contributed by atoms with Gasteiger partial charge in [0.25, 0.3) is 0 Å². The molecule has 0 saturated carbocycles. The van der Waals surface area contributed by atoms with E-state index < -0.39 is 0 Å². The van der Waals surface area contributed by atoms with Crippen LogP contribution in [0.15, 0.2) is 12.4 Å². The van der Waals surface area contributed by atoms with Crippen molar-refractivity contribution < 1.29 is 0 Å². The number of hydrogen-bond donors (Lipinski definition) is 0. The summed E-state index contributed by atoms with van der Waals surface area (Å²) in [5, 5.41) is 0. The zero-order chi connectivity index (χ0) is 8.97. The molecule has 0 bridgehead atoms. The molecular weight excluding hydrogens is 148 g/mol. The highest BCUT2D eigenvalue weighted by Crippen LogP contribution is 2.18. The molecule has 0 N–H and O–H groups in total. The van der Waals surface area contributed by atoms with Gasteiger partial charge >= 0.3 is 0 Å². The van der Waals surface area contributed by atoms with Crippen molar-refractivity contribution in [2.24, 2.45) is 0 Å². The van der Waals surface area contributed by atoms with Gasteiger partial charge in [-0.2, -0.15) is 0 Å². The Labute approximate surface area is 74.1 Å². The molecular formula is C10H16N2. The Balaban J connectivity index is 2.80. The van der Waals surface area contributed by atoms with E-state index in [0.29, 0.717) is 5.92 Å². The van der Waals surface area contributed by atoms with Gasteiger partial charge in [-0.15, -0.1) is 0 Å². The van der Waals surface area contributed by atoms with Crippen molar-refractivity contribution in [3.8, 4) is 0 Å². The van der Waals surface area contributed by atoms with E-state index in [1.165, 1.54) is 0 Å². The molecule has 12 heavy (non-hydrogen) atoms. The molecule has 1 aromatic rings. The van der Waals surface area contributed by atoms with E-state index in [2.05, 4.69) is 23.8 Å². The summed E-state index contributed by atoms with van der Waals surface area (Å²) >= 11 is 0. The molecule has 0 aliphatic carbocycles. The molecule has 0 saturated heterocycles. The highest BCUT2D eigenvalue weighted by atomic mass is 14.9. The summed E-state index contributed by atoms with van der Waals surface area (Å²) in [7, 11) is 0. The first-order valence-corrected chi connectivity index (χ1v) is 4.56. The maximum Gasteiger partial charge on any atom is 0.131 e. The first kappa shape index (κ1) is 9.17. The van der Waals surface area contributed by atoms with E-state index >= 15 is 0 Å². The van der Waals surface area contributed by atoms with Crippen LogP contribution in [0.25, 0.3) is 0 Å². The second-order valence-corrected chi connectivity index (χ2v) is 3.13. The topological polar surface area (TPSA) is 25.8 Å². The zero-order valence-corrected chi connectivity index (χ0v) is 8.04. The van der Waals surface area contributed by atoms with E-state index in [4.69, 9.17) is 0 Å². The average molecular weight is 164 g/mol. The highest BCUT2D eigenvalue weighted by molar-refractivity contribution is 5.04. The molecule has 1 heterocycles. The third kappa shape index (κ3) is 2.03. The summed E-state index contributed by atoms with van der Waals surface area (Å²) in [5.41, 5.74) is 1.13. The smallest absolute Gasteiger partial charge is 0.131 e. The van der Waals surface area contributed by atoms with Gasteiger partial charge in [-0.1, -0.05) is 13.8 Å². The van der Waals surface area contributed by atoms with Crippen LogP contribution in [0.2, 0.25) is 0 Å². The molecule has 2 heteroatoms. The summed E-state index contributed by atoms with van der Waals surface area (Å²) in [6.07, 6.45) is 6.03. The number of hydrogen-bond acceptors (Lipinski definition) is 2. The quantitative estimate of drug-likeness (QED) is 0.686. The Bertz CT molecular complexity index is 224. The number of nitrogens with zero attached hydrogens (tertiary/aromatic N) is 2. The van der Waals surface area contributed by atoms with Crippen molar-refractivity contribution in [1.82, 2.24) is 9.97 Å². The molecule has 0 aliphatic heterocycles. The van der Waals surface area contributed by atoms with E-state index in [1.54, 1.807) is 0 Å². The van der Waals surface area contributed by atoms with E-state index in [-0.39, 0.29) is 0 Å². The fourth-order valence-corrected chi connectivity index (χ4v) is 1.27. The van der Waals surface area contributed by atoms with Crippen LogP contribution in [-0.2, 0) is 0 Å². The molecule has 1 aromatic heterocycles. The van der Waals surface area contributed by atoms with Gasteiger partial charge in [0.05, 0.1) is 0 Å². The van der Waals surface area contributed by atoms with Crippen molar-refractivity contribution in [3.05, 3.63) is 23.8 Å². The SMILES string of the molecule is CCC(CC)c1ncc(C)cn1. The first-order valence-electron chi connectivity index (χ1n) is 4.56. The van der Waals surface area contributed by atoms with Crippen molar-refractivity contribution in [3.63, 3.8) is 0 Å². The Hall–Kier alpha value is -0.920. The largest absolute Gasteiger partial charge is 0.241 e. The van der Waals surface area contributed by atoms with Gasteiger partial charge in [0, 0.05) is 18.3 Å². The van der Waals surface area contributed by atoms with E-state index in [0.717, 1.165) is 24.2 Å². The van der Waals surface area contributed by atoms with Gasteiger partial charge in [-0.05, 0) is 25.3 Å². The van der Waals surface area contributed by atoms with E-state index in [1.807, 2.05) is 19.3 Å². The van der Waals surface area contributed by atoms with Gasteiger partial charge < -0.3 is 0 Å². The van der Waals surface area contributed by atoms with Gasteiger partial charge in [-0.25, -0.2) is 9.97 Å². The minimum atomic E-state index is 0.533. The molecule has 0 unspecified atom stereocenters. The minimum Gasteiger partial charge on any atom is -0.241 e. The molecule has 0 amide bonds. The third-order valence-corrected chi connectivity index (χ3v) is 2.15. The summed E-state index contributed by atoms with van der Waals surface area (Å²) in [6.45, 7) is 6.37. The first-order chi connectivity index (χ1) is 5.77. The van der Waals surface area contributed by atoms with E-state index in [9.17, 15) is 0 Å². The molecule has 66 valence electrons. The van der Waals surface area contributed by atoms with Crippen molar-refractivity contribution in [1.29, 1.82) is 0 Å². The lowest BCUT2D eigenvalue weighted by atomic mass is 10.0. The molecule has 0 spiro atoms. The summed E-state index contributed by atoms with van der Waals surface area (Å²) in [6, 6.07) is 0. The predicted octanol–water partition coefficient (Wildman–Crippen LogP) is 2.69. The molecule has 0 aliphatic rings. The predicted molar refractivity (Wildman–Crippen MR) is 50.1 cm³/mol. The van der Waals surface area contributed by atoms with Gasteiger partial charge in [-0.3, -0.25) is 0 Å². The zero-order valence-electron chi connectivity index (χ0n) is 8.04. The molecule has 0 fully saturated rings. The Morgan fingerprint density at radius 1 is 1.17 bits per heavy atom. The molecule has 1 rings (SSSR count). The van der Waals surface area contributed by atoms with Gasteiger partial charge in [0.15, 0.2) is 0 Å². The Kier molecular flexibility index (Phi) is 3.20. The maximum absolute atomic E-state index is 4.31. The molecule has 2 nitrogen and oxygen atoms in total. The lowest BCUT2D eigenvalue weighted by Gasteiger charge is -2.09. The van der Waals surface area contributed by atoms with Gasteiger partial charge in [0.2, 0.25) is 0 Å². The van der Waals surface area contributed by atoms with Crippen LogP contribution in [0.4, 0.5) is 0 Å². The molecule has 0 atom stereocenters. The molecule has 0 aromatic carbocycles. The van der Waals surface area contributed by atoms with Crippen molar-refractivity contribution in [2.45, 2.75) is 39.5 Å². The minimum absolute atomic E-state index is 0.533. The lowest BCUT2D eigenvalue weighted by Crippen LogP contribution is -2.01. The van der Waals surface area contributed by atoms with Crippen molar-refractivity contribution in [2.75, 3.05) is 0 Å². The highest BCUT2D eigenvalue weighted by Gasteiger charge is 2.08. The Morgan fingerprint density at radius 2 is 1.67 bits per heavy atom. The molecule has 0 radical (unpaired) electrons. The van der Waals surface area contributed by atoms with Gasteiger partial charge in [0.1, 0.15) is 5.82 Å². The fourth-order valence-electron chi connectivity index (χ4n) is 1.27.